The van der Waals surface area contributed by atoms with Gasteiger partial charge in [-0.05, 0) is 43.0 Å². The number of hydrogen-bond donors (Lipinski definition) is 1. The minimum absolute atomic E-state index is 0.0344. The number of fused-ring (bicyclic) bond motifs is 1. The van der Waals surface area contributed by atoms with E-state index in [9.17, 15) is 9.59 Å². The zero-order valence-corrected chi connectivity index (χ0v) is 20.6. The van der Waals surface area contributed by atoms with Crippen LogP contribution in [0.2, 0.25) is 0 Å². The van der Waals surface area contributed by atoms with Gasteiger partial charge in [0, 0.05) is 18.2 Å². The second-order valence-electron chi connectivity index (χ2n) is 9.47. The van der Waals surface area contributed by atoms with E-state index in [0.717, 1.165) is 36.8 Å². The molecule has 0 unspecified atom stereocenters. The summed E-state index contributed by atoms with van der Waals surface area (Å²) in [6.07, 6.45) is 4.39. The van der Waals surface area contributed by atoms with Crippen molar-refractivity contribution in [1.82, 2.24) is 25.2 Å². The number of nitrogens with zero attached hydrogens (tertiary/aromatic N) is 4. The van der Waals surface area contributed by atoms with Crippen molar-refractivity contribution in [1.29, 1.82) is 0 Å². The fourth-order valence-corrected chi connectivity index (χ4v) is 5.04. The maximum absolute atomic E-state index is 15.1. The van der Waals surface area contributed by atoms with Gasteiger partial charge >= 0.3 is 0 Å². The molecule has 2 amide bonds. The van der Waals surface area contributed by atoms with Gasteiger partial charge in [-0.1, -0.05) is 78.7 Å². The number of halogens is 1. The number of rotatable bonds is 9. The second-order valence-corrected chi connectivity index (χ2v) is 9.47. The Morgan fingerprint density at radius 1 is 0.973 bits per heavy atom. The summed E-state index contributed by atoms with van der Waals surface area (Å²) in [6.45, 7) is 0.129. The Bertz CT molecular complexity index is 1370. The van der Waals surface area contributed by atoms with E-state index in [1.807, 2.05) is 54.6 Å². The Balaban J connectivity index is 1.49. The SMILES string of the molecule is O=C(NC1CCCC1)[C@@H](c1ccccc1F)N(CCc1ccccc1)C(=O)Cn1nnc2ccccc21. The number of aromatic nitrogens is 3. The number of para-hydroxylation sites is 1. The fraction of sp³-hybridized carbons (Fsp3) is 0.310. The van der Waals surface area contributed by atoms with Gasteiger partial charge in [-0.15, -0.1) is 5.10 Å². The van der Waals surface area contributed by atoms with Crippen molar-refractivity contribution >= 4 is 22.8 Å². The third kappa shape index (κ3) is 5.69. The predicted molar refractivity (Wildman–Crippen MR) is 139 cm³/mol. The molecule has 1 aliphatic rings. The monoisotopic (exact) mass is 499 g/mol. The summed E-state index contributed by atoms with van der Waals surface area (Å²) in [5.74, 6) is -1.21. The van der Waals surface area contributed by atoms with Gasteiger partial charge in [0.25, 0.3) is 0 Å². The van der Waals surface area contributed by atoms with E-state index in [1.165, 1.54) is 15.6 Å². The third-order valence-electron chi connectivity index (χ3n) is 6.97. The molecule has 1 aliphatic carbocycles. The number of benzene rings is 3. The van der Waals surface area contributed by atoms with Crippen molar-refractivity contribution in [2.24, 2.45) is 0 Å². The van der Waals surface area contributed by atoms with E-state index in [-0.39, 0.29) is 36.5 Å². The van der Waals surface area contributed by atoms with Gasteiger partial charge in [-0.2, -0.15) is 0 Å². The average molecular weight is 500 g/mol. The molecule has 1 saturated carbocycles. The predicted octanol–water partition coefficient (Wildman–Crippen LogP) is 4.44. The molecule has 1 heterocycles. The first-order valence-electron chi connectivity index (χ1n) is 12.8. The van der Waals surface area contributed by atoms with Crippen LogP contribution in [0.25, 0.3) is 11.0 Å². The van der Waals surface area contributed by atoms with Gasteiger partial charge in [0.2, 0.25) is 11.8 Å². The number of carbonyl (C=O) groups is 2. The molecule has 0 spiro atoms. The minimum atomic E-state index is -1.10. The smallest absolute Gasteiger partial charge is 0.247 e. The molecule has 4 aromatic rings. The average Bonchev–Trinajstić information content (AvgIpc) is 3.58. The fourth-order valence-electron chi connectivity index (χ4n) is 5.04. The van der Waals surface area contributed by atoms with Crippen LogP contribution >= 0.6 is 0 Å². The first kappa shape index (κ1) is 24.6. The molecule has 3 aromatic carbocycles. The number of amides is 2. The highest BCUT2D eigenvalue weighted by Crippen LogP contribution is 2.27. The van der Waals surface area contributed by atoms with Gasteiger partial charge in [-0.25, -0.2) is 9.07 Å². The van der Waals surface area contributed by atoms with Crippen LogP contribution in [0.1, 0.15) is 42.9 Å². The molecule has 1 N–H and O–H groups in total. The molecule has 8 heteroatoms. The maximum Gasteiger partial charge on any atom is 0.247 e. The molecule has 1 aromatic heterocycles. The Kier molecular flexibility index (Phi) is 7.54. The molecule has 0 saturated heterocycles. The zero-order valence-electron chi connectivity index (χ0n) is 20.6. The summed E-state index contributed by atoms with van der Waals surface area (Å²) in [4.78, 5) is 29.1. The number of carbonyl (C=O) groups excluding carboxylic acids is 2. The standard InChI is InChI=1S/C29H30FN5O2/c30-24-15-7-6-14-23(24)28(29(37)31-22-12-4-5-13-22)34(19-18-21-10-2-1-3-11-21)27(36)20-35-26-17-9-8-16-25(26)32-33-35/h1-3,6-11,14-17,22,28H,4-5,12-13,18-20H2,(H,31,37)/t28-/m1/s1. The maximum atomic E-state index is 15.1. The summed E-state index contributed by atoms with van der Waals surface area (Å²) in [6, 6.07) is 22.3. The molecular weight excluding hydrogens is 469 g/mol. The van der Waals surface area contributed by atoms with Gasteiger partial charge in [0.15, 0.2) is 0 Å². The topological polar surface area (TPSA) is 80.1 Å². The van der Waals surface area contributed by atoms with E-state index in [0.29, 0.717) is 11.9 Å². The highest BCUT2D eigenvalue weighted by molar-refractivity contribution is 5.89. The lowest BCUT2D eigenvalue weighted by Gasteiger charge is -2.32. The molecule has 1 fully saturated rings. The molecule has 0 radical (unpaired) electrons. The van der Waals surface area contributed by atoms with Crippen molar-refractivity contribution in [3.63, 3.8) is 0 Å². The summed E-state index contributed by atoms with van der Waals surface area (Å²) >= 11 is 0. The number of nitrogens with one attached hydrogen (secondary N) is 1. The Morgan fingerprint density at radius 2 is 1.68 bits per heavy atom. The molecule has 0 aliphatic heterocycles. The quantitative estimate of drug-likeness (QED) is 0.369. The normalized spacial score (nSPS) is 14.5. The summed E-state index contributed by atoms with van der Waals surface area (Å²) in [5.41, 5.74) is 2.60. The Morgan fingerprint density at radius 3 is 2.46 bits per heavy atom. The largest absolute Gasteiger partial charge is 0.351 e. The first-order valence-corrected chi connectivity index (χ1v) is 12.8. The van der Waals surface area contributed by atoms with Gasteiger partial charge in [-0.3, -0.25) is 9.59 Å². The van der Waals surface area contributed by atoms with Crippen LogP contribution in [0.15, 0.2) is 78.9 Å². The molecular formula is C29H30FN5O2. The summed E-state index contributed by atoms with van der Waals surface area (Å²) in [5, 5.41) is 11.4. The third-order valence-corrected chi connectivity index (χ3v) is 6.97. The molecule has 5 rings (SSSR count). The lowest BCUT2D eigenvalue weighted by atomic mass is 10.0. The van der Waals surface area contributed by atoms with Crippen molar-refractivity contribution in [3.05, 3.63) is 95.8 Å². The highest BCUT2D eigenvalue weighted by Gasteiger charge is 2.35. The molecule has 7 nitrogen and oxygen atoms in total. The molecule has 190 valence electrons. The van der Waals surface area contributed by atoms with Gasteiger partial charge in [0.1, 0.15) is 23.9 Å². The van der Waals surface area contributed by atoms with E-state index >= 15 is 4.39 Å². The zero-order chi connectivity index (χ0) is 25.6. The van der Waals surface area contributed by atoms with Crippen molar-refractivity contribution in [2.75, 3.05) is 6.54 Å². The van der Waals surface area contributed by atoms with Crippen LogP contribution in [0.4, 0.5) is 4.39 Å². The first-order chi connectivity index (χ1) is 18.1. The molecule has 37 heavy (non-hydrogen) atoms. The minimum Gasteiger partial charge on any atom is -0.351 e. The van der Waals surface area contributed by atoms with Crippen molar-refractivity contribution in [2.45, 2.75) is 50.7 Å². The van der Waals surface area contributed by atoms with E-state index in [1.54, 1.807) is 18.2 Å². The van der Waals surface area contributed by atoms with Crippen LogP contribution in [-0.4, -0.2) is 44.3 Å². The van der Waals surface area contributed by atoms with Crippen LogP contribution in [-0.2, 0) is 22.6 Å². The van der Waals surface area contributed by atoms with E-state index in [2.05, 4.69) is 15.6 Å². The Hall–Kier alpha value is -4.07. The molecule has 1 atom stereocenters. The van der Waals surface area contributed by atoms with Gasteiger partial charge in [0.05, 0.1) is 5.52 Å². The van der Waals surface area contributed by atoms with E-state index < -0.39 is 11.9 Å². The van der Waals surface area contributed by atoms with E-state index in [4.69, 9.17) is 0 Å². The lowest BCUT2D eigenvalue weighted by Crippen LogP contribution is -2.48. The summed E-state index contributed by atoms with van der Waals surface area (Å²) in [7, 11) is 0. The van der Waals surface area contributed by atoms with Crippen LogP contribution in [0, 0.1) is 5.82 Å². The van der Waals surface area contributed by atoms with Crippen molar-refractivity contribution < 1.29 is 14.0 Å². The lowest BCUT2D eigenvalue weighted by molar-refractivity contribution is -0.141. The van der Waals surface area contributed by atoms with Gasteiger partial charge < -0.3 is 10.2 Å². The Labute approximate surface area is 215 Å². The van der Waals surface area contributed by atoms with Crippen LogP contribution in [0.3, 0.4) is 0 Å². The van der Waals surface area contributed by atoms with Crippen molar-refractivity contribution in [3.8, 4) is 0 Å². The summed E-state index contributed by atoms with van der Waals surface area (Å²) < 4.78 is 16.7. The highest BCUT2D eigenvalue weighted by atomic mass is 19.1. The van der Waals surface area contributed by atoms with Crippen LogP contribution < -0.4 is 5.32 Å². The molecule has 0 bridgehead atoms. The second kappa shape index (κ2) is 11.3. The van der Waals surface area contributed by atoms with Crippen LogP contribution in [0.5, 0.6) is 0 Å². The number of hydrogen-bond acceptors (Lipinski definition) is 4.